The van der Waals surface area contributed by atoms with Crippen molar-refractivity contribution < 1.29 is 4.39 Å². The van der Waals surface area contributed by atoms with Crippen LogP contribution < -0.4 is 5.73 Å². The van der Waals surface area contributed by atoms with E-state index in [-0.39, 0.29) is 6.54 Å². The predicted octanol–water partition coefficient (Wildman–Crippen LogP) is 0.327. The highest BCUT2D eigenvalue weighted by atomic mass is 19.1. The van der Waals surface area contributed by atoms with Gasteiger partial charge in [0.2, 0.25) is 5.95 Å². The first-order valence-corrected chi connectivity index (χ1v) is 3.51. The summed E-state index contributed by atoms with van der Waals surface area (Å²) in [5.74, 6) is 0.0426. The zero-order valence-electron chi connectivity index (χ0n) is 6.24. The minimum atomic E-state index is -0.391. The number of fused-ring (bicyclic) bond motifs is 1. The second kappa shape index (κ2) is 2.53. The van der Waals surface area contributed by atoms with Crippen LogP contribution in [-0.2, 0) is 6.54 Å². The van der Waals surface area contributed by atoms with Gasteiger partial charge in [-0.15, -0.1) is 10.2 Å². The van der Waals surface area contributed by atoms with Crippen molar-refractivity contribution in [1.82, 2.24) is 14.6 Å². The summed E-state index contributed by atoms with van der Waals surface area (Å²) in [5, 5.41) is 7.47. The van der Waals surface area contributed by atoms with Gasteiger partial charge in [0.15, 0.2) is 11.5 Å². The van der Waals surface area contributed by atoms with Crippen molar-refractivity contribution in [3.8, 4) is 0 Å². The van der Waals surface area contributed by atoms with Crippen LogP contribution in [-0.4, -0.2) is 14.6 Å². The fourth-order valence-corrected chi connectivity index (χ4v) is 1.09. The standard InChI is InChI=1S/C7H7FN4/c8-5-2-1-3-6-10-11-7(4-9)12(5)6/h1-3H,4,9H2. The van der Waals surface area contributed by atoms with Crippen molar-refractivity contribution in [3.63, 3.8) is 0 Å². The third-order valence-electron chi connectivity index (χ3n) is 1.63. The molecule has 2 rings (SSSR count). The number of hydrogen-bond donors (Lipinski definition) is 1. The van der Waals surface area contributed by atoms with Gasteiger partial charge >= 0.3 is 0 Å². The molecule has 0 aliphatic heterocycles. The number of nitrogens with zero attached hydrogens (tertiary/aromatic N) is 3. The van der Waals surface area contributed by atoms with Crippen LogP contribution >= 0.6 is 0 Å². The zero-order chi connectivity index (χ0) is 8.55. The molecule has 0 aromatic carbocycles. The maximum Gasteiger partial charge on any atom is 0.200 e. The van der Waals surface area contributed by atoms with Gasteiger partial charge in [-0.05, 0) is 12.1 Å². The van der Waals surface area contributed by atoms with Gasteiger partial charge < -0.3 is 5.73 Å². The molecule has 4 nitrogen and oxygen atoms in total. The Labute approximate surface area is 67.8 Å². The van der Waals surface area contributed by atoms with Crippen molar-refractivity contribution in [2.45, 2.75) is 6.54 Å². The van der Waals surface area contributed by atoms with E-state index in [4.69, 9.17) is 5.73 Å². The minimum Gasteiger partial charge on any atom is -0.324 e. The third-order valence-corrected chi connectivity index (χ3v) is 1.63. The highest BCUT2D eigenvalue weighted by Gasteiger charge is 2.05. The maximum atomic E-state index is 13.1. The molecule has 0 unspecified atom stereocenters. The highest BCUT2D eigenvalue weighted by molar-refractivity contribution is 5.37. The average Bonchev–Trinajstić information content (AvgIpc) is 2.49. The molecule has 2 aromatic rings. The Morgan fingerprint density at radius 3 is 3.00 bits per heavy atom. The second-order valence-corrected chi connectivity index (χ2v) is 2.36. The molecule has 0 amide bonds. The number of rotatable bonds is 1. The first-order chi connectivity index (χ1) is 5.83. The summed E-state index contributed by atoms with van der Waals surface area (Å²) in [6, 6.07) is 4.60. The first kappa shape index (κ1) is 7.17. The molecule has 0 aliphatic carbocycles. The smallest absolute Gasteiger partial charge is 0.200 e. The first-order valence-electron chi connectivity index (χ1n) is 3.51. The maximum absolute atomic E-state index is 13.1. The molecule has 0 spiro atoms. The molecule has 62 valence electrons. The van der Waals surface area contributed by atoms with Crippen LogP contribution in [0.3, 0.4) is 0 Å². The predicted molar refractivity (Wildman–Crippen MR) is 40.8 cm³/mol. The van der Waals surface area contributed by atoms with Crippen molar-refractivity contribution in [3.05, 3.63) is 30.0 Å². The molecule has 0 bridgehead atoms. The monoisotopic (exact) mass is 166 g/mol. The zero-order valence-corrected chi connectivity index (χ0v) is 6.24. The fourth-order valence-electron chi connectivity index (χ4n) is 1.09. The van der Waals surface area contributed by atoms with E-state index in [1.807, 2.05) is 0 Å². The Morgan fingerprint density at radius 1 is 1.42 bits per heavy atom. The van der Waals surface area contributed by atoms with Gasteiger partial charge in [0, 0.05) is 0 Å². The van der Waals surface area contributed by atoms with Gasteiger partial charge in [0.25, 0.3) is 0 Å². The van der Waals surface area contributed by atoms with Gasteiger partial charge in [0.1, 0.15) is 0 Å². The third kappa shape index (κ3) is 0.868. The largest absolute Gasteiger partial charge is 0.324 e. The molecule has 0 saturated heterocycles. The van der Waals surface area contributed by atoms with Crippen LogP contribution in [0.4, 0.5) is 4.39 Å². The number of halogens is 1. The summed E-state index contributed by atoms with van der Waals surface area (Å²) in [7, 11) is 0. The van der Waals surface area contributed by atoms with Crippen molar-refractivity contribution in [2.75, 3.05) is 0 Å². The van der Waals surface area contributed by atoms with Crippen molar-refractivity contribution >= 4 is 5.65 Å². The van der Waals surface area contributed by atoms with E-state index in [9.17, 15) is 4.39 Å². The van der Waals surface area contributed by atoms with E-state index >= 15 is 0 Å². The number of hydrogen-bond acceptors (Lipinski definition) is 3. The molecule has 2 N–H and O–H groups in total. The van der Waals surface area contributed by atoms with Crippen LogP contribution in [0.1, 0.15) is 5.82 Å². The summed E-state index contributed by atoms with van der Waals surface area (Å²) in [6.07, 6.45) is 0. The summed E-state index contributed by atoms with van der Waals surface area (Å²) in [5.41, 5.74) is 5.82. The minimum absolute atomic E-state index is 0.183. The summed E-state index contributed by atoms with van der Waals surface area (Å²) < 4.78 is 14.4. The van der Waals surface area contributed by atoms with Crippen LogP contribution in [0.5, 0.6) is 0 Å². The van der Waals surface area contributed by atoms with Gasteiger partial charge in [-0.1, -0.05) is 6.07 Å². The van der Waals surface area contributed by atoms with E-state index in [0.717, 1.165) is 0 Å². The fraction of sp³-hybridized carbons (Fsp3) is 0.143. The lowest BCUT2D eigenvalue weighted by Crippen LogP contribution is -2.04. The molecule has 0 saturated carbocycles. The lowest BCUT2D eigenvalue weighted by molar-refractivity contribution is 0.558. The van der Waals surface area contributed by atoms with Gasteiger partial charge in [-0.2, -0.15) is 4.39 Å². The lowest BCUT2D eigenvalue weighted by Gasteiger charge is -1.96. The van der Waals surface area contributed by atoms with E-state index in [1.165, 1.54) is 10.5 Å². The lowest BCUT2D eigenvalue weighted by atomic mass is 10.4. The second-order valence-electron chi connectivity index (χ2n) is 2.36. The molecule has 0 atom stereocenters. The molecule has 0 fully saturated rings. The van der Waals surface area contributed by atoms with Gasteiger partial charge in [-0.25, -0.2) is 0 Å². The molecule has 12 heavy (non-hydrogen) atoms. The summed E-state index contributed by atoms with van der Waals surface area (Å²) >= 11 is 0. The van der Waals surface area contributed by atoms with E-state index < -0.39 is 5.95 Å². The Bertz CT molecular complexity index is 409. The van der Waals surface area contributed by atoms with E-state index in [0.29, 0.717) is 11.5 Å². The highest BCUT2D eigenvalue weighted by Crippen LogP contribution is 2.05. The van der Waals surface area contributed by atoms with Crippen molar-refractivity contribution in [1.29, 1.82) is 0 Å². The van der Waals surface area contributed by atoms with Gasteiger partial charge in [-0.3, -0.25) is 4.40 Å². The van der Waals surface area contributed by atoms with Crippen molar-refractivity contribution in [2.24, 2.45) is 5.73 Å². The molecule has 5 heteroatoms. The molecule has 2 heterocycles. The Balaban J connectivity index is 2.83. The van der Waals surface area contributed by atoms with Crippen LogP contribution in [0.25, 0.3) is 5.65 Å². The van der Waals surface area contributed by atoms with Crippen LogP contribution in [0.15, 0.2) is 18.2 Å². The molecule has 0 aliphatic rings. The van der Waals surface area contributed by atoms with Crippen LogP contribution in [0.2, 0.25) is 0 Å². The quantitative estimate of drug-likeness (QED) is 0.621. The topological polar surface area (TPSA) is 56.2 Å². The number of nitrogens with two attached hydrogens (primary N) is 1. The van der Waals surface area contributed by atoms with Gasteiger partial charge in [0.05, 0.1) is 6.54 Å². The molecular formula is C7H7FN4. The molecule has 2 aromatic heterocycles. The molecule has 0 radical (unpaired) electrons. The normalized spacial score (nSPS) is 10.8. The Kier molecular flexibility index (Phi) is 1.51. The average molecular weight is 166 g/mol. The van der Waals surface area contributed by atoms with E-state index in [1.54, 1.807) is 12.1 Å². The SMILES string of the molecule is NCc1nnc2cccc(F)n12. The summed E-state index contributed by atoms with van der Waals surface area (Å²) in [6.45, 7) is 0.183. The van der Waals surface area contributed by atoms with E-state index in [2.05, 4.69) is 10.2 Å². The number of aromatic nitrogens is 3. The summed E-state index contributed by atoms with van der Waals surface area (Å²) in [4.78, 5) is 0. The number of pyridine rings is 1. The Hall–Kier alpha value is -1.49. The Morgan fingerprint density at radius 2 is 2.25 bits per heavy atom. The van der Waals surface area contributed by atoms with Crippen LogP contribution in [0, 0.1) is 5.95 Å². The molecular weight excluding hydrogens is 159 g/mol.